The van der Waals surface area contributed by atoms with Crippen LogP contribution >= 0.6 is 0 Å². The van der Waals surface area contributed by atoms with Gasteiger partial charge in [0.15, 0.2) is 0 Å². The number of imide groups is 1. The molecule has 44 heavy (non-hydrogen) atoms. The lowest BCUT2D eigenvalue weighted by Gasteiger charge is -2.13. The fourth-order valence-corrected chi connectivity index (χ4v) is 4.71. The summed E-state index contributed by atoms with van der Waals surface area (Å²) in [7, 11) is 0. The fraction of sp³-hybridized carbons (Fsp3) is 0.765. The fourth-order valence-electron chi connectivity index (χ4n) is 4.71. The maximum atomic E-state index is 12.3. The van der Waals surface area contributed by atoms with E-state index in [0.29, 0.717) is 90.4 Å². The van der Waals surface area contributed by atoms with Crippen LogP contribution in [0.1, 0.15) is 91.8 Å². The first-order valence-electron chi connectivity index (χ1n) is 16.7. The van der Waals surface area contributed by atoms with Gasteiger partial charge in [-0.1, -0.05) is 76.8 Å². The van der Waals surface area contributed by atoms with Gasteiger partial charge >= 0.3 is 0 Å². The molecule has 1 aromatic carbocycles. The Morgan fingerprint density at radius 2 is 0.750 bits per heavy atom. The van der Waals surface area contributed by atoms with Gasteiger partial charge in [0.25, 0.3) is 11.8 Å². The number of rotatable bonds is 32. The molecule has 2 amide bonds. The number of carbonyl (C=O) groups excluding carboxylic acids is 2. The van der Waals surface area contributed by atoms with Crippen molar-refractivity contribution in [1.82, 2.24) is 4.90 Å². The number of hydrogen-bond acceptors (Lipinski definition) is 9. The van der Waals surface area contributed by atoms with Crippen LogP contribution in [0.15, 0.2) is 24.3 Å². The lowest BCUT2D eigenvalue weighted by atomic mass is 10.1. The Labute approximate surface area is 265 Å². The number of benzene rings is 1. The SMILES string of the molecule is CCCCCCCCCCCCOCCOCCOCCOCCOCCOCCOCCN1C(=O)c2ccccc2C1=O. The average molecular weight is 624 g/mol. The molecule has 10 heteroatoms. The van der Waals surface area contributed by atoms with Crippen molar-refractivity contribution >= 4 is 11.8 Å². The maximum Gasteiger partial charge on any atom is 0.261 e. The van der Waals surface area contributed by atoms with Gasteiger partial charge in [0.05, 0.1) is 104 Å². The van der Waals surface area contributed by atoms with Crippen LogP contribution in [-0.2, 0) is 33.2 Å². The van der Waals surface area contributed by atoms with E-state index in [1.165, 1.54) is 62.7 Å². The number of ether oxygens (including phenoxy) is 7. The molecule has 0 bridgehead atoms. The highest BCUT2D eigenvalue weighted by atomic mass is 16.6. The molecule has 252 valence electrons. The summed E-state index contributed by atoms with van der Waals surface area (Å²) in [5.41, 5.74) is 0.901. The van der Waals surface area contributed by atoms with Crippen molar-refractivity contribution in [3.63, 3.8) is 0 Å². The number of nitrogens with zero attached hydrogens (tertiary/aromatic N) is 1. The Morgan fingerprint density at radius 3 is 1.14 bits per heavy atom. The van der Waals surface area contributed by atoms with Crippen LogP contribution in [-0.4, -0.2) is 116 Å². The first-order valence-corrected chi connectivity index (χ1v) is 16.7. The molecule has 0 fully saturated rings. The summed E-state index contributed by atoms with van der Waals surface area (Å²) in [6.45, 7) is 9.66. The van der Waals surface area contributed by atoms with E-state index in [9.17, 15) is 9.59 Å². The van der Waals surface area contributed by atoms with Crippen molar-refractivity contribution in [1.29, 1.82) is 0 Å². The van der Waals surface area contributed by atoms with E-state index in [2.05, 4.69) is 6.92 Å². The third-order valence-electron chi connectivity index (χ3n) is 7.21. The predicted octanol–water partition coefficient (Wildman–Crippen LogP) is 5.32. The number of hydrogen-bond donors (Lipinski definition) is 0. The molecule has 10 nitrogen and oxygen atoms in total. The van der Waals surface area contributed by atoms with Crippen molar-refractivity contribution in [3.8, 4) is 0 Å². The van der Waals surface area contributed by atoms with E-state index >= 15 is 0 Å². The Balaban J connectivity index is 1.19. The molecule has 0 spiro atoms. The summed E-state index contributed by atoms with van der Waals surface area (Å²) in [4.78, 5) is 25.8. The van der Waals surface area contributed by atoms with E-state index in [-0.39, 0.29) is 25.0 Å². The zero-order chi connectivity index (χ0) is 31.3. The van der Waals surface area contributed by atoms with Crippen molar-refractivity contribution in [3.05, 3.63) is 35.4 Å². The first kappa shape index (κ1) is 38.3. The van der Waals surface area contributed by atoms with Gasteiger partial charge in [-0.25, -0.2) is 0 Å². The molecular formula is C34H57NO9. The molecular weight excluding hydrogens is 566 g/mol. The van der Waals surface area contributed by atoms with Crippen LogP contribution in [0.5, 0.6) is 0 Å². The van der Waals surface area contributed by atoms with Crippen LogP contribution in [0.25, 0.3) is 0 Å². The third kappa shape index (κ3) is 18.1. The molecule has 1 heterocycles. The second-order valence-electron chi connectivity index (χ2n) is 10.8. The van der Waals surface area contributed by atoms with E-state index in [0.717, 1.165) is 13.0 Å². The number of unbranched alkanes of at least 4 members (excludes halogenated alkanes) is 9. The highest BCUT2D eigenvalue weighted by Gasteiger charge is 2.34. The smallest absolute Gasteiger partial charge is 0.261 e. The summed E-state index contributed by atoms with van der Waals surface area (Å²) >= 11 is 0. The Kier molecular flexibility index (Phi) is 23.8. The van der Waals surface area contributed by atoms with Gasteiger partial charge in [0, 0.05) is 6.61 Å². The molecule has 0 aliphatic carbocycles. The van der Waals surface area contributed by atoms with Crippen LogP contribution in [0.4, 0.5) is 0 Å². The molecule has 0 saturated heterocycles. The minimum Gasteiger partial charge on any atom is -0.379 e. The molecule has 0 aromatic heterocycles. The van der Waals surface area contributed by atoms with Gasteiger partial charge in [-0.3, -0.25) is 14.5 Å². The van der Waals surface area contributed by atoms with Crippen molar-refractivity contribution in [2.45, 2.75) is 71.1 Å². The van der Waals surface area contributed by atoms with E-state index < -0.39 is 0 Å². The zero-order valence-corrected chi connectivity index (χ0v) is 27.1. The first-order chi connectivity index (χ1) is 21.8. The van der Waals surface area contributed by atoms with Crippen molar-refractivity contribution < 1.29 is 42.7 Å². The summed E-state index contributed by atoms with van der Waals surface area (Å²) in [5.74, 6) is -0.537. The minimum atomic E-state index is -0.268. The predicted molar refractivity (Wildman–Crippen MR) is 169 cm³/mol. The van der Waals surface area contributed by atoms with Crippen molar-refractivity contribution in [2.24, 2.45) is 0 Å². The summed E-state index contributed by atoms with van der Waals surface area (Å²) in [6, 6.07) is 6.85. The molecule has 0 N–H and O–H groups in total. The molecule has 0 radical (unpaired) electrons. The van der Waals surface area contributed by atoms with Crippen LogP contribution in [0.2, 0.25) is 0 Å². The lowest BCUT2D eigenvalue weighted by molar-refractivity contribution is -0.0208. The molecule has 1 aliphatic heterocycles. The van der Waals surface area contributed by atoms with Crippen LogP contribution in [0.3, 0.4) is 0 Å². The number of carbonyl (C=O) groups is 2. The van der Waals surface area contributed by atoms with E-state index in [1.54, 1.807) is 24.3 Å². The molecule has 0 saturated carbocycles. The highest BCUT2D eigenvalue weighted by Crippen LogP contribution is 2.21. The number of fused-ring (bicyclic) bond motifs is 1. The number of amides is 2. The molecule has 0 atom stereocenters. The average Bonchev–Trinajstić information content (AvgIpc) is 3.28. The third-order valence-corrected chi connectivity index (χ3v) is 7.21. The quantitative estimate of drug-likeness (QED) is 0.0780. The summed E-state index contributed by atoms with van der Waals surface area (Å²) in [5, 5.41) is 0. The van der Waals surface area contributed by atoms with Gasteiger partial charge < -0.3 is 33.2 Å². The van der Waals surface area contributed by atoms with Gasteiger partial charge in [0.1, 0.15) is 0 Å². The summed E-state index contributed by atoms with van der Waals surface area (Å²) in [6.07, 6.45) is 13.4. The van der Waals surface area contributed by atoms with E-state index in [4.69, 9.17) is 33.2 Å². The lowest BCUT2D eigenvalue weighted by Crippen LogP contribution is -2.33. The minimum absolute atomic E-state index is 0.225. The van der Waals surface area contributed by atoms with Gasteiger partial charge in [-0.15, -0.1) is 0 Å². The Bertz CT molecular complexity index is 819. The summed E-state index contributed by atoms with van der Waals surface area (Å²) < 4.78 is 38.6. The largest absolute Gasteiger partial charge is 0.379 e. The second kappa shape index (κ2) is 27.4. The molecule has 0 unspecified atom stereocenters. The maximum absolute atomic E-state index is 12.3. The second-order valence-corrected chi connectivity index (χ2v) is 10.8. The Hall–Kier alpha value is -1.92. The van der Waals surface area contributed by atoms with Crippen LogP contribution in [0, 0.1) is 0 Å². The van der Waals surface area contributed by atoms with Gasteiger partial charge in [0.2, 0.25) is 0 Å². The van der Waals surface area contributed by atoms with Crippen molar-refractivity contribution in [2.75, 3.05) is 99.0 Å². The normalized spacial score (nSPS) is 12.9. The van der Waals surface area contributed by atoms with Crippen LogP contribution < -0.4 is 0 Å². The molecule has 1 aliphatic rings. The van der Waals surface area contributed by atoms with Gasteiger partial charge in [-0.2, -0.15) is 0 Å². The van der Waals surface area contributed by atoms with Gasteiger partial charge in [-0.05, 0) is 18.6 Å². The van der Waals surface area contributed by atoms with E-state index in [1.807, 2.05) is 0 Å². The zero-order valence-electron chi connectivity index (χ0n) is 27.1. The highest BCUT2D eigenvalue weighted by molar-refractivity contribution is 6.21. The Morgan fingerprint density at radius 1 is 0.432 bits per heavy atom. The topological polar surface area (TPSA) is 102 Å². The monoisotopic (exact) mass is 623 g/mol. The molecule has 2 rings (SSSR count). The standard InChI is InChI=1S/C34H57NO9/c1-2-3-4-5-6-7-8-9-10-13-17-38-19-21-40-23-25-42-27-29-44-30-28-43-26-24-41-22-20-39-18-16-35-33(36)31-14-11-12-15-32(31)34(35)37/h11-12,14-15H,2-10,13,16-30H2,1H3. The molecule has 1 aromatic rings.